The molecule has 2 aromatic carbocycles. The summed E-state index contributed by atoms with van der Waals surface area (Å²) in [7, 11) is 0. The first kappa shape index (κ1) is 23.6. The minimum absolute atomic E-state index is 0.108. The maximum atomic E-state index is 10.3. The first-order valence-electron chi connectivity index (χ1n) is 14.2. The standard InChI is InChI=1S/C32H36N4O2/c1-21-6-5-7-24-22(19-34-30(21)24)13-17-36-20-32(14-3-2-4-15-32)38-29-18-23(8-10-27(29)36)35-26-12-16-33-31-25(26)9-11-28(31)37/h5-8,10,12,16,18-19,28,34,37H,2-4,9,11,13-15,17,20H2,1H3,(H,33,35)/t28-/m1/s1. The lowest BCUT2D eigenvalue weighted by atomic mass is 9.83. The van der Waals surface area contributed by atoms with Gasteiger partial charge in [0.15, 0.2) is 0 Å². The van der Waals surface area contributed by atoms with E-state index in [4.69, 9.17) is 4.74 Å². The van der Waals surface area contributed by atoms with Crippen molar-refractivity contribution >= 4 is 28.0 Å². The van der Waals surface area contributed by atoms with E-state index in [0.717, 1.165) is 73.6 Å². The van der Waals surface area contributed by atoms with Crippen LogP contribution >= 0.6 is 0 Å². The molecule has 0 saturated heterocycles. The van der Waals surface area contributed by atoms with Crippen molar-refractivity contribution in [3.05, 3.63) is 77.2 Å². The molecule has 0 radical (unpaired) electrons. The van der Waals surface area contributed by atoms with Crippen LogP contribution in [0, 0.1) is 6.92 Å². The molecule has 6 heteroatoms. The third kappa shape index (κ3) is 4.11. The van der Waals surface area contributed by atoms with Crippen LogP contribution in [0.4, 0.5) is 17.1 Å². The molecule has 1 saturated carbocycles. The van der Waals surface area contributed by atoms with Crippen molar-refractivity contribution in [3.63, 3.8) is 0 Å². The maximum Gasteiger partial charge on any atom is 0.145 e. The Balaban J connectivity index is 1.18. The summed E-state index contributed by atoms with van der Waals surface area (Å²) in [5.74, 6) is 0.976. The third-order valence-corrected chi connectivity index (χ3v) is 8.88. The Bertz CT molecular complexity index is 1490. The van der Waals surface area contributed by atoms with E-state index in [0.29, 0.717) is 0 Å². The normalized spacial score (nSPS) is 19.8. The zero-order valence-corrected chi connectivity index (χ0v) is 22.1. The van der Waals surface area contributed by atoms with Crippen molar-refractivity contribution in [1.82, 2.24) is 9.97 Å². The Hall–Kier alpha value is -3.51. The number of nitrogens with zero attached hydrogens (tertiary/aromatic N) is 2. The molecular weight excluding hydrogens is 472 g/mol. The molecule has 0 unspecified atom stereocenters. The molecule has 3 aliphatic rings. The van der Waals surface area contributed by atoms with E-state index in [2.05, 4.69) is 69.7 Å². The lowest BCUT2D eigenvalue weighted by molar-refractivity contribution is 0.0286. The number of ether oxygens (including phenoxy) is 1. The first-order valence-corrected chi connectivity index (χ1v) is 14.2. The number of benzene rings is 2. The monoisotopic (exact) mass is 508 g/mol. The Kier molecular flexibility index (Phi) is 5.81. The number of aromatic amines is 1. The first-order chi connectivity index (χ1) is 18.6. The minimum Gasteiger partial charge on any atom is -0.483 e. The molecule has 3 heterocycles. The van der Waals surface area contributed by atoms with Gasteiger partial charge in [0.05, 0.1) is 24.0 Å². The Morgan fingerprint density at radius 1 is 1.16 bits per heavy atom. The Labute approximate surface area is 224 Å². The number of fused-ring (bicyclic) bond motifs is 3. The van der Waals surface area contributed by atoms with E-state index in [9.17, 15) is 5.11 Å². The summed E-state index contributed by atoms with van der Waals surface area (Å²) in [6.45, 7) is 4.08. The SMILES string of the molecule is Cc1cccc2c(CCN3CC4(CCCCC4)Oc4cc(Nc5ccnc6c5CC[C@H]6O)ccc43)c[nH]c12. The number of aromatic nitrogens is 2. The summed E-state index contributed by atoms with van der Waals surface area (Å²) in [5.41, 5.74) is 8.96. The zero-order chi connectivity index (χ0) is 25.7. The number of aryl methyl sites for hydroxylation is 1. The van der Waals surface area contributed by atoms with E-state index >= 15 is 0 Å². The van der Waals surface area contributed by atoms with Crippen LogP contribution in [0.1, 0.15) is 67.0 Å². The molecule has 4 aromatic rings. The fourth-order valence-electron chi connectivity index (χ4n) is 6.86. The van der Waals surface area contributed by atoms with Gasteiger partial charge in [0.2, 0.25) is 0 Å². The molecule has 1 atom stereocenters. The van der Waals surface area contributed by atoms with E-state index in [1.54, 1.807) is 6.20 Å². The summed E-state index contributed by atoms with van der Waals surface area (Å²) in [6, 6.07) is 15.1. The molecule has 7 rings (SSSR count). The highest BCUT2D eigenvalue weighted by molar-refractivity contribution is 5.86. The van der Waals surface area contributed by atoms with Gasteiger partial charge in [-0.05, 0) is 86.8 Å². The van der Waals surface area contributed by atoms with Crippen LogP contribution in [0.2, 0.25) is 0 Å². The van der Waals surface area contributed by atoms with Crippen LogP contribution in [-0.2, 0) is 12.8 Å². The molecule has 2 aromatic heterocycles. The molecule has 6 nitrogen and oxygen atoms in total. The van der Waals surface area contributed by atoms with Crippen molar-refractivity contribution in [2.75, 3.05) is 23.3 Å². The molecule has 0 amide bonds. The fourth-order valence-corrected chi connectivity index (χ4v) is 6.86. The number of anilines is 3. The number of hydrogen-bond acceptors (Lipinski definition) is 5. The van der Waals surface area contributed by atoms with Gasteiger partial charge in [0.25, 0.3) is 0 Å². The average molecular weight is 509 g/mol. The van der Waals surface area contributed by atoms with Crippen LogP contribution in [-0.4, -0.2) is 33.8 Å². The molecule has 38 heavy (non-hydrogen) atoms. The predicted octanol–water partition coefficient (Wildman–Crippen LogP) is 6.74. The molecule has 3 N–H and O–H groups in total. The molecular formula is C32H36N4O2. The molecule has 2 aliphatic carbocycles. The number of pyridine rings is 1. The second-order valence-electron chi connectivity index (χ2n) is 11.4. The average Bonchev–Trinajstić information content (AvgIpc) is 3.52. The van der Waals surface area contributed by atoms with Gasteiger partial charge < -0.3 is 25.0 Å². The molecule has 1 aliphatic heterocycles. The largest absolute Gasteiger partial charge is 0.483 e. The summed E-state index contributed by atoms with van der Waals surface area (Å²) in [6.07, 6.45) is 12.1. The molecule has 0 bridgehead atoms. The second-order valence-corrected chi connectivity index (χ2v) is 11.4. The van der Waals surface area contributed by atoms with Crippen molar-refractivity contribution in [2.45, 2.75) is 70.0 Å². The summed E-state index contributed by atoms with van der Waals surface area (Å²) < 4.78 is 6.86. The number of hydrogen-bond donors (Lipinski definition) is 3. The van der Waals surface area contributed by atoms with E-state index in [1.165, 1.54) is 47.0 Å². The van der Waals surface area contributed by atoms with Crippen molar-refractivity contribution in [1.29, 1.82) is 0 Å². The Morgan fingerprint density at radius 3 is 2.95 bits per heavy atom. The summed E-state index contributed by atoms with van der Waals surface area (Å²) >= 11 is 0. The van der Waals surface area contributed by atoms with Crippen LogP contribution in [0.3, 0.4) is 0 Å². The van der Waals surface area contributed by atoms with Crippen LogP contribution < -0.4 is 15.0 Å². The highest BCUT2D eigenvalue weighted by Crippen LogP contribution is 2.45. The van der Waals surface area contributed by atoms with Gasteiger partial charge in [0.1, 0.15) is 11.4 Å². The Morgan fingerprint density at radius 2 is 2.05 bits per heavy atom. The highest BCUT2D eigenvalue weighted by atomic mass is 16.5. The van der Waals surface area contributed by atoms with Gasteiger partial charge in [-0.25, -0.2) is 0 Å². The van der Waals surface area contributed by atoms with E-state index in [1.807, 2.05) is 6.07 Å². The number of para-hydroxylation sites is 1. The smallest absolute Gasteiger partial charge is 0.145 e. The van der Waals surface area contributed by atoms with Crippen molar-refractivity contribution in [2.24, 2.45) is 0 Å². The minimum atomic E-state index is -0.459. The van der Waals surface area contributed by atoms with Crippen molar-refractivity contribution < 1.29 is 9.84 Å². The van der Waals surface area contributed by atoms with Crippen LogP contribution in [0.15, 0.2) is 54.9 Å². The number of H-pyrrole nitrogens is 1. The lowest BCUT2D eigenvalue weighted by Gasteiger charge is -2.46. The topological polar surface area (TPSA) is 73.4 Å². The second kappa shape index (κ2) is 9.35. The highest BCUT2D eigenvalue weighted by Gasteiger charge is 2.40. The summed E-state index contributed by atoms with van der Waals surface area (Å²) in [4.78, 5) is 10.5. The quantitative estimate of drug-likeness (QED) is 0.278. The molecule has 1 fully saturated rings. The summed E-state index contributed by atoms with van der Waals surface area (Å²) in [5, 5.41) is 15.2. The van der Waals surface area contributed by atoms with Gasteiger partial charge in [-0.3, -0.25) is 4.98 Å². The van der Waals surface area contributed by atoms with Gasteiger partial charge in [0, 0.05) is 47.3 Å². The van der Waals surface area contributed by atoms with Gasteiger partial charge in [-0.1, -0.05) is 24.6 Å². The maximum absolute atomic E-state index is 10.3. The van der Waals surface area contributed by atoms with E-state index in [-0.39, 0.29) is 5.60 Å². The molecule has 1 spiro atoms. The van der Waals surface area contributed by atoms with Crippen LogP contribution in [0.25, 0.3) is 10.9 Å². The fraction of sp³-hybridized carbons (Fsp3) is 0.406. The van der Waals surface area contributed by atoms with Crippen LogP contribution in [0.5, 0.6) is 5.75 Å². The zero-order valence-electron chi connectivity index (χ0n) is 22.1. The predicted molar refractivity (Wildman–Crippen MR) is 153 cm³/mol. The van der Waals surface area contributed by atoms with Gasteiger partial charge >= 0.3 is 0 Å². The lowest BCUT2D eigenvalue weighted by Crippen LogP contribution is -2.52. The number of nitrogens with one attached hydrogen (secondary N) is 2. The number of aliphatic hydroxyl groups is 1. The third-order valence-electron chi connectivity index (χ3n) is 8.88. The number of rotatable bonds is 5. The van der Waals surface area contributed by atoms with Gasteiger partial charge in [-0.2, -0.15) is 0 Å². The van der Waals surface area contributed by atoms with Gasteiger partial charge in [-0.15, -0.1) is 0 Å². The molecule has 196 valence electrons. The number of aliphatic hydroxyl groups excluding tert-OH is 1. The van der Waals surface area contributed by atoms with Crippen molar-refractivity contribution in [3.8, 4) is 5.75 Å². The van der Waals surface area contributed by atoms with E-state index < -0.39 is 6.10 Å².